The molecule has 0 radical (unpaired) electrons. The summed E-state index contributed by atoms with van der Waals surface area (Å²) in [4.78, 5) is 11.9. The molecule has 0 amide bonds. The van der Waals surface area contributed by atoms with Gasteiger partial charge >= 0.3 is 0 Å². The van der Waals surface area contributed by atoms with E-state index in [0.29, 0.717) is 17.6 Å². The van der Waals surface area contributed by atoms with Gasteiger partial charge in [-0.15, -0.1) is 10.2 Å². The molecule has 0 saturated heterocycles. The van der Waals surface area contributed by atoms with E-state index in [0.717, 1.165) is 18.0 Å². The molecule has 1 fully saturated rings. The van der Waals surface area contributed by atoms with E-state index in [1.807, 2.05) is 25.3 Å². The van der Waals surface area contributed by atoms with Crippen molar-refractivity contribution in [2.24, 2.45) is 5.41 Å². The normalized spacial score (nSPS) is 16.0. The molecule has 2 rings (SSSR count). The molecule has 1 aromatic rings. The highest BCUT2D eigenvalue weighted by molar-refractivity contribution is 7.99. The number of aliphatic hydroxyl groups excluding tert-OH is 1. The molecular formula is C12H19N3O2S. The van der Waals surface area contributed by atoms with Gasteiger partial charge in [0.05, 0.1) is 5.75 Å². The highest BCUT2D eigenvalue weighted by Crippen LogP contribution is 2.38. The van der Waals surface area contributed by atoms with Crippen LogP contribution in [0, 0.1) is 5.41 Å². The van der Waals surface area contributed by atoms with Gasteiger partial charge in [-0.05, 0) is 12.8 Å². The van der Waals surface area contributed by atoms with Crippen molar-refractivity contribution in [2.75, 3.05) is 5.75 Å². The summed E-state index contributed by atoms with van der Waals surface area (Å²) in [7, 11) is 0. The molecule has 0 spiro atoms. The predicted molar refractivity (Wildman–Crippen MR) is 69.4 cm³/mol. The first-order valence-corrected chi connectivity index (χ1v) is 7.12. The number of aliphatic hydroxyl groups is 1. The van der Waals surface area contributed by atoms with Crippen LogP contribution in [0.5, 0.6) is 0 Å². The number of ketones is 1. The number of thioether (sulfide) groups is 1. The summed E-state index contributed by atoms with van der Waals surface area (Å²) in [5, 5.41) is 18.0. The Morgan fingerprint density at radius 3 is 2.61 bits per heavy atom. The molecule has 1 aromatic heterocycles. The lowest BCUT2D eigenvalue weighted by molar-refractivity contribution is -0.123. The van der Waals surface area contributed by atoms with Crippen molar-refractivity contribution in [3.63, 3.8) is 0 Å². The smallest absolute Gasteiger partial charge is 0.191 e. The van der Waals surface area contributed by atoms with E-state index in [9.17, 15) is 9.90 Å². The Kier molecular flexibility index (Phi) is 3.77. The Morgan fingerprint density at radius 1 is 1.44 bits per heavy atom. The zero-order valence-corrected chi connectivity index (χ0v) is 11.8. The standard InChI is InChI=1S/C12H19N3O2S/c1-12(2,3)9(17)7-18-11-14-13-10(6-16)15(11)8-4-5-8/h8,16H,4-7H2,1-3H3. The Balaban J connectivity index is 2.06. The van der Waals surface area contributed by atoms with Crippen LogP contribution in [0.4, 0.5) is 0 Å². The minimum atomic E-state index is -0.322. The van der Waals surface area contributed by atoms with E-state index in [4.69, 9.17) is 0 Å². The fourth-order valence-corrected chi connectivity index (χ4v) is 2.75. The largest absolute Gasteiger partial charge is 0.388 e. The lowest BCUT2D eigenvalue weighted by atomic mass is 9.92. The molecule has 1 N–H and O–H groups in total. The molecular weight excluding hydrogens is 250 g/mol. The van der Waals surface area contributed by atoms with E-state index in [1.54, 1.807) is 0 Å². The fraction of sp³-hybridized carbons (Fsp3) is 0.750. The number of Topliss-reactive ketones (excluding diaryl/α,β-unsaturated/α-hetero) is 1. The minimum Gasteiger partial charge on any atom is -0.388 e. The molecule has 0 aliphatic heterocycles. The second-order valence-electron chi connectivity index (χ2n) is 5.62. The number of rotatable bonds is 5. The molecule has 0 unspecified atom stereocenters. The van der Waals surface area contributed by atoms with Crippen LogP contribution in [0.15, 0.2) is 5.16 Å². The summed E-state index contributed by atoms with van der Waals surface area (Å²) in [6.45, 7) is 5.65. The molecule has 0 aromatic carbocycles. The average Bonchev–Trinajstić information content (AvgIpc) is 3.05. The number of hydrogen-bond donors (Lipinski definition) is 1. The fourth-order valence-electron chi connectivity index (χ4n) is 1.56. The molecule has 1 heterocycles. The summed E-state index contributed by atoms with van der Waals surface area (Å²) in [6.07, 6.45) is 2.21. The first-order valence-electron chi connectivity index (χ1n) is 6.14. The van der Waals surface area contributed by atoms with Gasteiger partial charge in [0, 0.05) is 11.5 Å². The van der Waals surface area contributed by atoms with Crippen molar-refractivity contribution in [3.05, 3.63) is 5.82 Å². The molecule has 5 nitrogen and oxygen atoms in total. The average molecular weight is 269 g/mol. The number of aromatic nitrogens is 3. The summed E-state index contributed by atoms with van der Waals surface area (Å²) in [5.74, 6) is 1.20. The number of hydrogen-bond acceptors (Lipinski definition) is 5. The summed E-state index contributed by atoms with van der Waals surface area (Å²) >= 11 is 1.42. The lowest BCUT2D eigenvalue weighted by Gasteiger charge is -2.16. The van der Waals surface area contributed by atoms with Crippen LogP contribution in [0.1, 0.15) is 45.5 Å². The Hall–Kier alpha value is -0.880. The molecule has 100 valence electrons. The molecule has 0 bridgehead atoms. The number of nitrogens with zero attached hydrogens (tertiary/aromatic N) is 3. The molecule has 6 heteroatoms. The monoisotopic (exact) mass is 269 g/mol. The van der Waals surface area contributed by atoms with E-state index >= 15 is 0 Å². The number of carbonyl (C=O) groups is 1. The van der Waals surface area contributed by atoms with Crippen molar-refractivity contribution in [3.8, 4) is 0 Å². The van der Waals surface area contributed by atoms with E-state index in [1.165, 1.54) is 11.8 Å². The first-order chi connectivity index (χ1) is 8.43. The topological polar surface area (TPSA) is 68.0 Å². The van der Waals surface area contributed by atoms with Gasteiger partial charge in [-0.3, -0.25) is 4.79 Å². The van der Waals surface area contributed by atoms with Gasteiger partial charge in [-0.1, -0.05) is 32.5 Å². The third-order valence-corrected chi connectivity index (χ3v) is 3.90. The maximum absolute atomic E-state index is 11.9. The van der Waals surface area contributed by atoms with Crippen LogP contribution >= 0.6 is 11.8 Å². The quantitative estimate of drug-likeness (QED) is 0.826. The van der Waals surface area contributed by atoms with Crippen LogP contribution in [0.3, 0.4) is 0 Å². The van der Waals surface area contributed by atoms with Gasteiger partial charge in [0.1, 0.15) is 12.4 Å². The predicted octanol–water partition coefficient (Wildman–Crippen LogP) is 1.81. The minimum absolute atomic E-state index is 0.0999. The first kappa shape index (κ1) is 13.5. The molecule has 1 aliphatic carbocycles. The van der Waals surface area contributed by atoms with Gasteiger partial charge in [-0.2, -0.15) is 0 Å². The van der Waals surface area contributed by atoms with Crippen molar-refractivity contribution in [2.45, 2.75) is 51.4 Å². The summed E-state index contributed by atoms with van der Waals surface area (Å²) in [6, 6.07) is 0.411. The Morgan fingerprint density at radius 2 is 2.11 bits per heavy atom. The van der Waals surface area contributed by atoms with Gasteiger partial charge in [0.2, 0.25) is 0 Å². The highest BCUT2D eigenvalue weighted by atomic mass is 32.2. The van der Waals surface area contributed by atoms with Crippen LogP contribution < -0.4 is 0 Å². The SMILES string of the molecule is CC(C)(C)C(=O)CSc1nnc(CO)n1C1CC1. The second-order valence-corrected chi connectivity index (χ2v) is 6.56. The Bertz CT molecular complexity index is 447. The highest BCUT2D eigenvalue weighted by Gasteiger charge is 2.30. The summed E-state index contributed by atoms with van der Waals surface area (Å²) in [5.41, 5.74) is -0.322. The number of carbonyl (C=O) groups excluding carboxylic acids is 1. The summed E-state index contributed by atoms with van der Waals surface area (Å²) < 4.78 is 1.97. The van der Waals surface area contributed by atoms with Gasteiger partial charge < -0.3 is 9.67 Å². The van der Waals surface area contributed by atoms with Crippen molar-refractivity contribution < 1.29 is 9.90 Å². The van der Waals surface area contributed by atoms with Crippen LogP contribution in [0.25, 0.3) is 0 Å². The van der Waals surface area contributed by atoms with E-state index < -0.39 is 0 Å². The maximum atomic E-state index is 11.9. The van der Waals surface area contributed by atoms with E-state index in [2.05, 4.69) is 10.2 Å². The molecule has 18 heavy (non-hydrogen) atoms. The van der Waals surface area contributed by atoms with Crippen molar-refractivity contribution >= 4 is 17.5 Å². The zero-order chi connectivity index (χ0) is 13.3. The van der Waals surface area contributed by atoms with Crippen molar-refractivity contribution in [1.29, 1.82) is 0 Å². The van der Waals surface area contributed by atoms with E-state index in [-0.39, 0.29) is 17.8 Å². The van der Waals surface area contributed by atoms with Crippen LogP contribution in [-0.2, 0) is 11.4 Å². The second kappa shape index (κ2) is 5.01. The maximum Gasteiger partial charge on any atom is 0.191 e. The van der Waals surface area contributed by atoms with Gasteiger partial charge in [0.15, 0.2) is 11.0 Å². The third-order valence-electron chi connectivity index (χ3n) is 2.96. The van der Waals surface area contributed by atoms with Crippen LogP contribution in [-0.4, -0.2) is 31.4 Å². The van der Waals surface area contributed by atoms with Gasteiger partial charge in [0.25, 0.3) is 0 Å². The van der Waals surface area contributed by atoms with Crippen LogP contribution in [0.2, 0.25) is 0 Å². The Labute approximate surface area is 111 Å². The molecule has 1 aliphatic rings. The zero-order valence-electron chi connectivity index (χ0n) is 11.0. The lowest BCUT2D eigenvalue weighted by Crippen LogP contribution is -2.22. The van der Waals surface area contributed by atoms with Gasteiger partial charge in [-0.25, -0.2) is 0 Å². The molecule has 0 atom stereocenters. The molecule has 1 saturated carbocycles. The third kappa shape index (κ3) is 2.92. The van der Waals surface area contributed by atoms with Crippen molar-refractivity contribution in [1.82, 2.24) is 14.8 Å².